The van der Waals surface area contributed by atoms with Crippen LogP contribution in [0.1, 0.15) is 23.6 Å². The minimum atomic E-state index is -0.277. The minimum Gasteiger partial charge on any atom is -0.346 e. The fourth-order valence-electron chi connectivity index (χ4n) is 3.88. The number of nitrogens with zero attached hydrogens (tertiary/aromatic N) is 2. The lowest BCUT2D eigenvalue weighted by Crippen LogP contribution is -2.54. The van der Waals surface area contributed by atoms with Crippen molar-refractivity contribution < 1.29 is 9.59 Å². The van der Waals surface area contributed by atoms with Crippen molar-refractivity contribution >= 4 is 29.1 Å². The molecule has 2 aromatic carbocycles. The van der Waals surface area contributed by atoms with Gasteiger partial charge in [0.05, 0.1) is 12.6 Å². The third-order valence-corrected chi connectivity index (χ3v) is 6.03. The molecule has 31 heavy (non-hydrogen) atoms. The Hall–Kier alpha value is -2.41. The second kappa shape index (κ2) is 10.8. The highest BCUT2D eigenvalue weighted by molar-refractivity contribution is 6.30. The largest absolute Gasteiger partial charge is 0.346 e. The van der Waals surface area contributed by atoms with Gasteiger partial charge in [-0.2, -0.15) is 0 Å². The number of anilines is 1. The van der Waals surface area contributed by atoms with Crippen LogP contribution >= 0.6 is 11.6 Å². The van der Waals surface area contributed by atoms with E-state index in [-0.39, 0.29) is 24.4 Å². The molecule has 0 aromatic heterocycles. The van der Waals surface area contributed by atoms with Gasteiger partial charge in [-0.05, 0) is 49.6 Å². The molecule has 2 amide bonds. The van der Waals surface area contributed by atoms with E-state index in [0.717, 1.165) is 54.6 Å². The number of halogens is 1. The smallest absolute Gasteiger partial charge is 0.243 e. The third-order valence-electron chi connectivity index (χ3n) is 5.80. The van der Waals surface area contributed by atoms with Gasteiger partial charge in [-0.25, -0.2) is 0 Å². The first-order valence-corrected chi connectivity index (χ1v) is 11.1. The standard InChI is InChI=1S/C24H31ClN4O2/c1-17-6-4-7-18(2)23(17)27-22(30)15-26-24(31)19(3)29-12-10-28(11-13-29)16-20-8-5-9-21(25)14-20/h4-9,14,19H,10-13,15-16H2,1-3H3,(H,26,31)(H,27,30)/t19-/m1/s1. The van der Waals surface area contributed by atoms with Gasteiger partial charge in [0.15, 0.2) is 0 Å². The molecule has 0 radical (unpaired) electrons. The molecule has 0 unspecified atom stereocenters. The van der Waals surface area contributed by atoms with Crippen molar-refractivity contribution in [3.8, 4) is 0 Å². The highest BCUT2D eigenvalue weighted by Gasteiger charge is 2.25. The molecule has 1 heterocycles. The normalized spacial score (nSPS) is 16.0. The summed E-state index contributed by atoms with van der Waals surface area (Å²) < 4.78 is 0. The topological polar surface area (TPSA) is 64.7 Å². The van der Waals surface area contributed by atoms with E-state index >= 15 is 0 Å². The fraction of sp³-hybridized carbons (Fsp3) is 0.417. The average Bonchev–Trinajstić information content (AvgIpc) is 2.75. The van der Waals surface area contributed by atoms with Crippen LogP contribution in [-0.2, 0) is 16.1 Å². The zero-order valence-electron chi connectivity index (χ0n) is 18.5. The first kappa shape index (κ1) is 23.3. The minimum absolute atomic E-state index is 0.0360. The highest BCUT2D eigenvalue weighted by Crippen LogP contribution is 2.19. The molecule has 2 N–H and O–H groups in total. The van der Waals surface area contributed by atoms with E-state index in [1.807, 2.05) is 57.2 Å². The maximum Gasteiger partial charge on any atom is 0.243 e. The lowest BCUT2D eigenvalue weighted by molar-refractivity contribution is -0.128. The Bertz CT molecular complexity index is 905. The van der Waals surface area contributed by atoms with Crippen LogP contribution in [0.3, 0.4) is 0 Å². The van der Waals surface area contributed by atoms with E-state index in [0.29, 0.717) is 0 Å². The first-order valence-electron chi connectivity index (χ1n) is 10.7. The van der Waals surface area contributed by atoms with Crippen LogP contribution in [0.25, 0.3) is 0 Å². The van der Waals surface area contributed by atoms with E-state index in [1.54, 1.807) is 0 Å². The molecule has 1 fully saturated rings. The zero-order valence-corrected chi connectivity index (χ0v) is 19.2. The van der Waals surface area contributed by atoms with E-state index in [2.05, 4.69) is 26.5 Å². The summed E-state index contributed by atoms with van der Waals surface area (Å²) >= 11 is 6.08. The summed E-state index contributed by atoms with van der Waals surface area (Å²) in [5.41, 5.74) is 4.01. The molecule has 1 aliphatic rings. The van der Waals surface area contributed by atoms with Crippen molar-refractivity contribution in [2.45, 2.75) is 33.4 Å². The second-order valence-electron chi connectivity index (χ2n) is 8.15. The summed E-state index contributed by atoms with van der Waals surface area (Å²) in [5, 5.41) is 6.43. The van der Waals surface area contributed by atoms with Crippen LogP contribution < -0.4 is 10.6 Å². The summed E-state index contributed by atoms with van der Waals surface area (Å²) in [5.74, 6) is -0.343. The number of benzene rings is 2. The summed E-state index contributed by atoms with van der Waals surface area (Å²) in [6, 6.07) is 13.5. The Labute approximate surface area is 189 Å². The van der Waals surface area contributed by atoms with E-state index in [4.69, 9.17) is 11.6 Å². The molecule has 1 saturated heterocycles. The first-order chi connectivity index (χ1) is 14.8. The van der Waals surface area contributed by atoms with Crippen LogP contribution in [0, 0.1) is 13.8 Å². The summed E-state index contributed by atoms with van der Waals surface area (Å²) in [6.07, 6.45) is 0. The second-order valence-corrected chi connectivity index (χ2v) is 8.59. The van der Waals surface area contributed by atoms with Gasteiger partial charge < -0.3 is 10.6 Å². The van der Waals surface area contributed by atoms with Crippen molar-refractivity contribution in [2.75, 3.05) is 38.0 Å². The number of amides is 2. The van der Waals surface area contributed by atoms with Gasteiger partial charge in [0, 0.05) is 43.4 Å². The van der Waals surface area contributed by atoms with E-state index in [9.17, 15) is 9.59 Å². The number of nitrogens with one attached hydrogen (secondary N) is 2. The van der Waals surface area contributed by atoms with Crippen LogP contribution in [0.2, 0.25) is 5.02 Å². The molecule has 2 aromatic rings. The lowest BCUT2D eigenvalue weighted by atomic mass is 10.1. The number of para-hydroxylation sites is 1. The number of carbonyl (C=O) groups excluding carboxylic acids is 2. The summed E-state index contributed by atoms with van der Waals surface area (Å²) in [7, 11) is 0. The number of aryl methyl sites for hydroxylation is 2. The molecule has 3 rings (SSSR count). The van der Waals surface area contributed by atoms with Gasteiger partial charge in [-0.15, -0.1) is 0 Å². The zero-order chi connectivity index (χ0) is 22.4. The Morgan fingerprint density at radius 1 is 1.03 bits per heavy atom. The van der Waals surface area contributed by atoms with E-state index < -0.39 is 0 Å². The van der Waals surface area contributed by atoms with Crippen molar-refractivity contribution in [2.24, 2.45) is 0 Å². The predicted molar refractivity (Wildman–Crippen MR) is 125 cm³/mol. The SMILES string of the molecule is Cc1cccc(C)c1NC(=O)CNC(=O)[C@@H](C)N1CCN(Cc2cccc(Cl)c2)CC1. The quantitative estimate of drug-likeness (QED) is 0.691. The number of rotatable bonds is 7. The van der Waals surface area contributed by atoms with Crippen LogP contribution in [0.4, 0.5) is 5.69 Å². The number of carbonyl (C=O) groups is 2. The van der Waals surface area contributed by atoms with Crippen LogP contribution in [-0.4, -0.2) is 60.4 Å². The number of hydrogen-bond donors (Lipinski definition) is 2. The molecule has 0 aliphatic carbocycles. The van der Waals surface area contributed by atoms with Gasteiger partial charge >= 0.3 is 0 Å². The monoisotopic (exact) mass is 442 g/mol. The predicted octanol–water partition coefficient (Wildman–Crippen LogP) is 3.22. The van der Waals surface area contributed by atoms with Crippen molar-refractivity contribution in [1.29, 1.82) is 0 Å². The summed E-state index contributed by atoms with van der Waals surface area (Å²) in [6.45, 7) is 10.0. The van der Waals surface area contributed by atoms with E-state index in [1.165, 1.54) is 5.56 Å². The molecule has 0 spiro atoms. The van der Waals surface area contributed by atoms with Crippen LogP contribution in [0.5, 0.6) is 0 Å². The molecule has 1 aliphatic heterocycles. The van der Waals surface area contributed by atoms with Crippen LogP contribution in [0.15, 0.2) is 42.5 Å². The van der Waals surface area contributed by atoms with Gasteiger partial charge in [0.25, 0.3) is 0 Å². The molecule has 6 nitrogen and oxygen atoms in total. The van der Waals surface area contributed by atoms with Gasteiger partial charge in [-0.3, -0.25) is 19.4 Å². The Balaban J connectivity index is 1.42. The Morgan fingerprint density at radius 2 is 1.68 bits per heavy atom. The van der Waals surface area contributed by atoms with Gasteiger partial charge in [0.1, 0.15) is 0 Å². The Kier molecular flexibility index (Phi) is 8.07. The number of piperazine rings is 1. The maximum absolute atomic E-state index is 12.6. The van der Waals surface area contributed by atoms with Gasteiger partial charge in [-0.1, -0.05) is 41.9 Å². The maximum atomic E-state index is 12.6. The molecular weight excluding hydrogens is 412 g/mol. The molecule has 1 atom stereocenters. The molecule has 7 heteroatoms. The number of hydrogen-bond acceptors (Lipinski definition) is 4. The summed E-state index contributed by atoms with van der Waals surface area (Å²) in [4.78, 5) is 29.4. The van der Waals surface area contributed by atoms with Crippen molar-refractivity contribution in [3.05, 3.63) is 64.2 Å². The molecule has 166 valence electrons. The Morgan fingerprint density at radius 3 is 2.32 bits per heavy atom. The fourth-order valence-corrected chi connectivity index (χ4v) is 4.09. The molecule has 0 saturated carbocycles. The van der Waals surface area contributed by atoms with Crippen molar-refractivity contribution in [3.63, 3.8) is 0 Å². The third kappa shape index (κ3) is 6.53. The van der Waals surface area contributed by atoms with Gasteiger partial charge in [0.2, 0.25) is 11.8 Å². The molecular formula is C24H31ClN4O2. The lowest BCUT2D eigenvalue weighted by Gasteiger charge is -2.37. The van der Waals surface area contributed by atoms with Crippen molar-refractivity contribution in [1.82, 2.24) is 15.1 Å². The average molecular weight is 443 g/mol. The molecule has 0 bridgehead atoms. The highest BCUT2D eigenvalue weighted by atomic mass is 35.5.